The van der Waals surface area contributed by atoms with Crippen LogP contribution in [0, 0.1) is 0 Å². The maximum Gasteiger partial charge on any atom is 0.256 e. The number of nitrogens with zero attached hydrogens (tertiary/aromatic N) is 1. The highest BCUT2D eigenvalue weighted by molar-refractivity contribution is 6.08. The fourth-order valence-corrected chi connectivity index (χ4v) is 3.13. The summed E-state index contributed by atoms with van der Waals surface area (Å²) in [6.07, 6.45) is 2.42. The standard InChI is InChI=1S/C21H29NO3/c1-13(23)22-9-8-15(19(22)25)10-14-11-16(20(2,3)4)18(24)17(12-14)21(5,6)7/h10-12,24H,8-9H2,1-7H3/b15-10-. The van der Waals surface area contributed by atoms with Crippen molar-refractivity contribution in [3.8, 4) is 5.75 Å². The van der Waals surface area contributed by atoms with Crippen molar-refractivity contribution in [2.24, 2.45) is 0 Å². The van der Waals surface area contributed by atoms with Crippen LogP contribution in [0.25, 0.3) is 6.08 Å². The molecule has 1 aromatic rings. The Hall–Kier alpha value is -2.10. The molecule has 1 N–H and O–H groups in total. The molecule has 0 aromatic heterocycles. The lowest BCUT2D eigenvalue weighted by Crippen LogP contribution is -2.29. The number of hydrogen-bond acceptors (Lipinski definition) is 3. The Kier molecular flexibility index (Phi) is 4.86. The number of phenols is 1. The SMILES string of the molecule is CC(=O)N1CC/C(=C/c2cc(C(C)(C)C)c(O)c(C(C)(C)C)c2)C1=O. The van der Waals surface area contributed by atoms with Gasteiger partial charge < -0.3 is 5.11 Å². The van der Waals surface area contributed by atoms with E-state index in [9.17, 15) is 14.7 Å². The maximum absolute atomic E-state index is 12.4. The van der Waals surface area contributed by atoms with Gasteiger partial charge in [-0.15, -0.1) is 0 Å². The summed E-state index contributed by atoms with van der Waals surface area (Å²) in [5, 5.41) is 10.8. The largest absolute Gasteiger partial charge is 0.507 e. The molecular formula is C21H29NO3. The van der Waals surface area contributed by atoms with Crippen LogP contribution < -0.4 is 0 Å². The maximum atomic E-state index is 12.4. The molecule has 2 amide bonds. The van der Waals surface area contributed by atoms with Crippen molar-refractivity contribution in [2.45, 2.75) is 65.7 Å². The van der Waals surface area contributed by atoms with Crippen molar-refractivity contribution >= 4 is 17.9 Å². The molecule has 4 heteroatoms. The van der Waals surface area contributed by atoms with E-state index in [0.717, 1.165) is 16.7 Å². The van der Waals surface area contributed by atoms with Gasteiger partial charge in [-0.05, 0) is 41.0 Å². The molecule has 0 radical (unpaired) electrons. The van der Waals surface area contributed by atoms with Gasteiger partial charge >= 0.3 is 0 Å². The molecule has 25 heavy (non-hydrogen) atoms. The molecule has 1 fully saturated rings. The minimum Gasteiger partial charge on any atom is -0.507 e. The quantitative estimate of drug-likeness (QED) is 0.779. The Balaban J connectivity index is 2.58. The number of benzene rings is 1. The summed E-state index contributed by atoms with van der Waals surface area (Å²) in [6.45, 7) is 14.2. The fraction of sp³-hybridized carbons (Fsp3) is 0.524. The molecule has 0 bridgehead atoms. The summed E-state index contributed by atoms with van der Waals surface area (Å²) in [6, 6.07) is 3.89. The lowest BCUT2D eigenvalue weighted by atomic mass is 9.78. The smallest absolute Gasteiger partial charge is 0.256 e. The van der Waals surface area contributed by atoms with E-state index in [1.165, 1.54) is 11.8 Å². The molecule has 1 aliphatic rings. The van der Waals surface area contributed by atoms with Gasteiger partial charge in [0.1, 0.15) is 5.75 Å². The molecule has 1 heterocycles. The summed E-state index contributed by atoms with van der Waals surface area (Å²) in [5.74, 6) is -0.106. The van der Waals surface area contributed by atoms with Crippen LogP contribution in [-0.2, 0) is 20.4 Å². The van der Waals surface area contributed by atoms with Crippen LogP contribution in [0.5, 0.6) is 5.75 Å². The molecule has 2 rings (SSSR count). The summed E-state index contributed by atoms with van der Waals surface area (Å²) in [4.78, 5) is 25.2. The van der Waals surface area contributed by atoms with Gasteiger partial charge in [0.15, 0.2) is 0 Å². The van der Waals surface area contributed by atoms with E-state index in [2.05, 4.69) is 41.5 Å². The minimum absolute atomic E-state index is 0.213. The van der Waals surface area contributed by atoms with Gasteiger partial charge in [-0.1, -0.05) is 41.5 Å². The minimum atomic E-state index is -0.219. The van der Waals surface area contributed by atoms with Crippen LogP contribution in [0.15, 0.2) is 17.7 Å². The Morgan fingerprint density at radius 2 is 1.56 bits per heavy atom. The molecule has 0 spiro atoms. The average molecular weight is 343 g/mol. The molecule has 4 nitrogen and oxygen atoms in total. The second-order valence-electron chi connectivity index (χ2n) is 8.86. The topological polar surface area (TPSA) is 57.6 Å². The third kappa shape index (κ3) is 3.94. The first-order valence-electron chi connectivity index (χ1n) is 8.73. The van der Waals surface area contributed by atoms with Crippen LogP contribution in [0.1, 0.15) is 71.6 Å². The number of rotatable bonds is 1. The molecule has 1 saturated heterocycles. The van der Waals surface area contributed by atoms with E-state index in [-0.39, 0.29) is 22.6 Å². The first-order valence-corrected chi connectivity index (χ1v) is 8.73. The highest BCUT2D eigenvalue weighted by Gasteiger charge is 2.30. The highest BCUT2D eigenvalue weighted by atomic mass is 16.3. The third-order valence-corrected chi connectivity index (χ3v) is 4.59. The Bertz CT molecular complexity index is 710. The highest BCUT2D eigenvalue weighted by Crippen LogP contribution is 2.40. The number of amides is 2. The Morgan fingerprint density at radius 3 is 1.92 bits per heavy atom. The third-order valence-electron chi connectivity index (χ3n) is 4.59. The molecule has 0 atom stereocenters. The summed E-state index contributed by atoms with van der Waals surface area (Å²) < 4.78 is 0. The summed E-state index contributed by atoms with van der Waals surface area (Å²) >= 11 is 0. The van der Waals surface area contributed by atoms with Gasteiger partial charge in [-0.25, -0.2) is 0 Å². The number of hydrogen-bond donors (Lipinski definition) is 1. The second kappa shape index (κ2) is 6.32. The van der Waals surface area contributed by atoms with Crippen molar-refractivity contribution in [2.75, 3.05) is 6.54 Å². The summed E-state index contributed by atoms with van der Waals surface area (Å²) in [5.41, 5.74) is 2.82. The molecule has 1 aliphatic heterocycles. The molecule has 1 aromatic carbocycles. The molecular weight excluding hydrogens is 314 g/mol. The van der Waals surface area contributed by atoms with E-state index in [4.69, 9.17) is 0 Å². The van der Waals surface area contributed by atoms with E-state index < -0.39 is 0 Å². The van der Waals surface area contributed by atoms with Gasteiger partial charge in [0.05, 0.1) is 0 Å². The van der Waals surface area contributed by atoms with Crippen molar-refractivity contribution in [3.05, 3.63) is 34.4 Å². The predicted molar refractivity (Wildman–Crippen MR) is 100 cm³/mol. The van der Waals surface area contributed by atoms with Gasteiger partial charge in [-0.3, -0.25) is 14.5 Å². The van der Waals surface area contributed by atoms with Crippen molar-refractivity contribution < 1.29 is 14.7 Å². The van der Waals surface area contributed by atoms with E-state index in [1.54, 1.807) is 0 Å². The molecule has 136 valence electrons. The molecule has 0 aliphatic carbocycles. The zero-order valence-electron chi connectivity index (χ0n) is 16.4. The Labute approximate surface area is 150 Å². The fourth-order valence-electron chi connectivity index (χ4n) is 3.13. The number of imide groups is 1. The number of phenolic OH excluding ortho intramolecular Hbond substituents is 1. The van der Waals surface area contributed by atoms with Crippen LogP contribution in [-0.4, -0.2) is 28.4 Å². The van der Waals surface area contributed by atoms with E-state index >= 15 is 0 Å². The van der Waals surface area contributed by atoms with Gasteiger partial charge in [0.2, 0.25) is 5.91 Å². The Morgan fingerprint density at radius 1 is 1.08 bits per heavy atom. The summed E-state index contributed by atoms with van der Waals surface area (Å²) in [7, 11) is 0. The van der Waals surface area contributed by atoms with Gasteiger partial charge in [0.25, 0.3) is 5.91 Å². The number of carbonyl (C=O) groups excluding carboxylic acids is 2. The predicted octanol–water partition coefficient (Wildman–Crippen LogP) is 4.15. The van der Waals surface area contributed by atoms with E-state index in [1.807, 2.05) is 18.2 Å². The van der Waals surface area contributed by atoms with Crippen LogP contribution >= 0.6 is 0 Å². The number of likely N-dealkylation sites (tertiary alicyclic amines) is 1. The van der Waals surface area contributed by atoms with Crippen LogP contribution in [0.2, 0.25) is 0 Å². The van der Waals surface area contributed by atoms with Crippen LogP contribution in [0.3, 0.4) is 0 Å². The first-order chi connectivity index (χ1) is 11.3. The lowest BCUT2D eigenvalue weighted by Gasteiger charge is -2.28. The van der Waals surface area contributed by atoms with Gasteiger partial charge in [-0.2, -0.15) is 0 Å². The monoisotopic (exact) mass is 343 g/mol. The average Bonchev–Trinajstić information content (AvgIpc) is 2.79. The molecule has 0 saturated carbocycles. The zero-order chi connectivity index (χ0) is 19.2. The normalized spacial score (nSPS) is 17.5. The second-order valence-corrected chi connectivity index (χ2v) is 8.86. The van der Waals surface area contributed by atoms with Crippen molar-refractivity contribution in [1.82, 2.24) is 4.90 Å². The molecule has 0 unspecified atom stereocenters. The van der Waals surface area contributed by atoms with Crippen molar-refractivity contribution in [3.63, 3.8) is 0 Å². The van der Waals surface area contributed by atoms with Gasteiger partial charge in [0, 0.05) is 30.2 Å². The number of carbonyl (C=O) groups is 2. The van der Waals surface area contributed by atoms with Crippen LogP contribution in [0.4, 0.5) is 0 Å². The zero-order valence-corrected chi connectivity index (χ0v) is 16.4. The van der Waals surface area contributed by atoms with E-state index in [0.29, 0.717) is 24.3 Å². The first kappa shape index (κ1) is 19.2. The van der Waals surface area contributed by atoms with Crippen molar-refractivity contribution in [1.29, 1.82) is 0 Å². The lowest BCUT2D eigenvalue weighted by molar-refractivity contribution is -0.138. The number of aromatic hydroxyl groups is 1.